The highest BCUT2D eigenvalue weighted by Crippen LogP contribution is 2.26. The van der Waals surface area contributed by atoms with E-state index in [0.29, 0.717) is 24.3 Å². The molecule has 2 aromatic rings. The molecule has 0 radical (unpaired) electrons. The van der Waals surface area contributed by atoms with E-state index >= 15 is 0 Å². The molecule has 0 spiro atoms. The lowest BCUT2D eigenvalue weighted by Gasteiger charge is -2.29. The molecule has 1 aromatic carbocycles. The summed E-state index contributed by atoms with van der Waals surface area (Å²) >= 11 is 3.50. The van der Waals surface area contributed by atoms with E-state index in [9.17, 15) is 4.79 Å². The predicted molar refractivity (Wildman–Crippen MR) is 117 cm³/mol. The Morgan fingerprint density at radius 1 is 1.18 bits per heavy atom. The van der Waals surface area contributed by atoms with E-state index in [1.807, 2.05) is 49.3 Å². The number of halogens is 1. The smallest absolute Gasteiger partial charge is 0.224 e. The van der Waals surface area contributed by atoms with Crippen LogP contribution in [0, 0.1) is 5.92 Å². The average molecular weight is 446 g/mol. The standard InChI is InChI=1S/C21H28BrN5O/c1-27(2)19-11-12-23-21(26-19)25-17-9-7-15(8-10-17)14-24-20(28)13-16-5-3-4-6-18(16)22/h3-6,11-12,15,17H,7-10,13-14H2,1-2H3,(H,24,28)(H,23,25,26)/t15-,17+. The van der Waals surface area contributed by atoms with Gasteiger partial charge in [-0.2, -0.15) is 4.98 Å². The third kappa shape index (κ3) is 5.92. The Balaban J connectivity index is 1.40. The third-order valence-electron chi connectivity index (χ3n) is 5.18. The molecule has 0 unspecified atom stereocenters. The largest absolute Gasteiger partial charge is 0.363 e. The van der Waals surface area contributed by atoms with Crippen molar-refractivity contribution in [1.29, 1.82) is 0 Å². The van der Waals surface area contributed by atoms with E-state index in [-0.39, 0.29) is 5.91 Å². The SMILES string of the molecule is CN(C)c1ccnc(N[C@H]2CC[C@@H](CNC(=O)Cc3ccccc3Br)CC2)n1. The summed E-state index contributed by atoms with van der Waals surface area (Å²) in [5.74, 6) is 2.21. The molecule has 28 heavy (non-hydrogen) atoms. The van der Waals surface area contributed by atoms with Gasteiger partial charge in [0.05, 0.1) is 6.42 Å². The van der Waals surface area contributed by atoms with Gasteiger partial charge in [-0.25, -0.2) is 4.98 Å². The third-order valence-corrected chi connectivity index (χ3v) is 5.95. The number of amides is 1. The molecule has 0 aliphatic heterocycles. The first-order chi connectivity index (χ1) is 13.5. The Hall–Kier alpha value is -2.15. The number of carbonyl (C=O) groups excluding carboxylic acids is 1. The first-order valence-corrected chi connectivity index (χ1v) is 10.6. The molecule has 1 heterocycles. The summed E-state index contributed by atoms with van der Waals surface area (Å²) in [5.41, 5.74) is 1.02. The number of hydrogen-bond donors (Lipinski definition) is 2. The number of nitrogens with zero attached hydrogens (tertiary/aromatic N) is 3. The van der Waals surface area contributed by atoms with E-state index in [1.165, 1.54) is 0 Å². The van der Waals surface area contributed by atoms with E-state index < -0.39 is 0 Å². The minimum Gasteiger partial charge on any atom is -0.363 e. The van der Waals surface area contributed by atoms with Crippen molar-refractivity contribution in [3.63, 3.8) is 0 Å². The van der Waals surface area contributed by atoms with E-state index in [0.717, 1.165) is 48.1 Å². The van der Waals surface area contributed by atoms with Crippen LogP contribution in [0.5, 0.6) is 0 Å². The Kier molecular flexibility index (Phi) is 7.25. The monoisotopic (exact) mass is 445 g/mol. The fourth-order valence-corrected chi connectivity index (χ4v) is 3.92. The van der Waals surface area contributed by atoms with Crippen molar-refractivity contribution in [2.24, 2.45) is 5.92 Å². The molecule has 1 aliphatic carbocycles. The number of rotatable bonds is 7. The van der Waals surface area contributed by atoms with Gasteiger partial charge in [-0.15, -0.1) is 0 Å². The summed E-state index contributed by atoms with van der Waals surface area (Å²) in [6, 6.07) is 10.2. The average Bonchev–Trinajstić information content (AvgIpc) is 2.69. The van der Waals surface area contributed by atoms with Gasteiger partial charge in [0.1, 0.15) is 5.82 Å². The van der Waals surface area contributed by atoms with Crippen LogP contribution in [0.2, 0.25) is 0 Å². The Morgan fingerprint density at radius 2 is 1.93 bits per heavy atom. The topological polar surface area (TPSA) is 70.2 Å². The van der Waals surface area contributed by atoms with Crippen molar-refractivity contribution in [3.05, 3.63) is 46.6 Å². The maximum absolute atomic E-state index is 12.2. The van der Waals surface area contributed by atoms with Crippen molar-refractivity contribution in [2.45, 2.75) is 38.1 Å². The van der Waals surface area contributed by atoms with Gasteiger partial charge in [0.25, 0.3) is 0 Å². The van der Waals surface area contributed by atoms with Crippen LogP contribution in [0.15, 0.2) is 41.0 Å². The van der Waals surface area contributed by atoms with Gasteiger partial charge in [-0.05, 0) is 49.3 Å². The van der Waals surface area contributed by atoms with Gasteiger partial charge in [0.15, 0.2) is 0 Å². The zero-order chi connectivity index (χ0) is 19.9. The second-order valence-electron chi connectivity index (χ2n) is 7.57. The molecule has 150 valence electrons. The normalized spacial score (nSPS) is 19.1. The summed E-state index contributed by atoms with van der Waals surface area (Å²) in [7, 11) is 3.95. The first-order valence-electron chi connectivity index (χ1n) is 9.78. The highest BCUT2D eigenvalue weighted by Gasteiger charge is 2.22. The number of anilines is 2. The fraction of sp³-hybridized carbons (Fsp3) is 0.476. The molecular formula is C21H28BrN5O. The Labute approximate surface area is 175 Å². The van der Waals surface area contributed by atoms with Crippen molar-refractivity contribution < 1.29 is 4.79 Å². The predicted octanol–water partition coefficient (Wildman–Crippen LogP) is 3.63. The van der Waals surface area contributed by atoms with Gasteiger partial charge >= 0.3 is 0 Å². The summed E-state index contributed by atoms with van der Waals surface area (Å²) in [6.45, 7) is 0.753. The zero-order valence-corrected chi connectivity index (χ0v) is 18.1. The molecule has 0 atom stereocenters. The molecule has 1 aromatic heterocycles. The van der Waals surface area contributed by atoms with E-state index in [1.54, 1.807) is 6.20 Å². The van der Waals surface area contributed by atoms with Crippen LogP contribution < -0.4 is 15.5 Å². The van der Waals surface area contributed by atoms with Crippen LogP contribution in [0.4, 0.5) is 11.8 Å². The molecule has 3 rings (SSSR count). The Morgan fingerprint density at radius 3 is 2.64 bits per heavy atom. The van der Waals surface area contributed by atoms with Gasteiger partial charge < -0.3 is 15.5 Å². The lowest BCUT2D eigenvalue weighted by Crippen LogP contribution is -2.34. The Bertz CT molecular complexity index is 790. The molecule has 6 nitrogen and oxygen atoms in total. The molecule has 1 fully saturated rings. The summed E-state index contributed by atoms with van der Waals surface area (Å²) in [6.07, 6.45) is 6.54. The number of hydrogen-bond acceptors (Lipinski definition) is 5. The van der Waals surface area contributed by atoms with Crippen molar-refractivity contribution >= 4 is 33.6 Å². The number of carbonyl (C=O) groups is 1. The van der Waals surface area contributed by atoms with Crippen molar-refractivity contribution in [3.8, 4) is 0 Å². The molecule has 0 saturated heterocycles. The maximum Gasteiger partial charge on any atom is 0.224 e. The highest BCUT2D eigenvalue weighted by molar-refractivity contribution is 9.10. The van der Waals surface area contributed by atoms with Gasteiger partial charge in [0.2, 0.25) is 11.9 Å². The van der Waals surface area contributed by atoms with Crippen LogP contribution in [0.1, 0.15) is 31.2 Å². The molecular weight excluding hydrogens is 418 g/mol. The maximum atomic E-state index is 12.2. The van der Waals surface area contributed by atoms with E-state index in [4.69, 9.17) is 0 Å². The summed E-state index contributed by atoms with van der Waals surface area (Å²) in [5, 5.41) is 6.56. The minimum absolute atomic E-state index is 0.0843. The van der Waals surface area contributed by atoms with Crippen molar-refractivity contribution in [1.82, 2.24) is 15.3 Å². The number of aromatic nitrogens is 2. The number of benzene rings is 1. The molecule has 0 bridgehead atoms. The van der Waals surface area contributed by atoms with Gasteiger partial charge in [0, 0.05) is 37.4 Å². The lowest BCUT2D eigenvalue weighted by molar-refractivity contribution is -0.120. The van der Waals surface area contributed by atoms with Gasteiger partial charge in [-0.1, -0.05) is 34.1 Å². The highest BCUT2D eigenvalue weighted by atomic mass is 79.9. The number of nitrogens with one attached hydrogen (secondary N) is 2. The quantitative estimate of drug-likeness (QED) is 0.680. The van der Waals surface area contributed by atoms with Crippen molar-refractivity contribution in [2.75, 3.05) is 30.9 Å². The molecule has 7 heteroatoms. The minimum atomic E-state index is 0.0843. The second-order valence-corrected chi connectivity index (χ2v) is 8.42. The molecule has 1 saturated carbocycles. The summed E-state index contributed by atoms with van der Waals surface area (Å²) in [4.78, 5) is 23.1. The van der Waals surface area contributed by atoms with Gasteiger partial charge in [-0.3, -0.25) is 4.79 Å². The first kappa shape index (κ1) is 20.6. The van der Waals surface area contributed by atoms with Crippen LogP contribution in [0.3, 0.4) is 0 Å². The lowest BCUT2D eigenvalue weighted by atomic mass is 9.86. The second kappa shape index (κ2) is 9.87. The molecule has 1 aliphatic rings. The van der Waals surface area contributed by atoms with Crippen LogP contribution >= 0.6 is 15.9 Å². The van der Waals surface area contributed by atoms with E-state index in [2.05, 4.69) is 36.5 Å². The zero-order valence-electron chi connectivity index (χ0n) is 16.5. The van der Waals surface area contributed by atoms with Crippen LogP contribution in [-0.4, -0.2) is 42.6 Å². The molecule has 2 N–H and O–H groups in total. The van der Waals surface area contributed by atoms with Crippen LogP contribution in [-0.2, 0) is 11.2 Å². The molecule has 1 amide bonds. The summed E-state index contributed by atoms with van der Waals surface area (Å²) < 4.78 is 0.984. The van der Waals surface area contributed by atoms with Crippen LogP contribution in [0.25, 0.3) is 0 Å². The fourth-order valence-electron chi connectivity index (χ4n) is 3.50.